The van der Waals surface area contributed by atoms with Gasteiger partial charge in [-0.15, -0.1) is 0 Å². The zero-order valence-electron chi connectivity index (χ0n) is 14.6. The molecular weight excluding hydrogens is 365 g/mol. The first kappa shape index (κ1) is 18.9. The molecule has 0 aliphatic heterocycles. The molecule has 2 aromatic carbocycles. The van der Waals surface area contributed by atoms with Crippen LogP contribution in [0.2, 0.25) is 5.02 Å². The molecule has 0 atom stereocenters. The lowest BCUT2D eigenvalue weighted by molar-refractivity contribution is -0.115. The molecule has 0 saturated carbocycles. The maximum absolute atomic E-state index is 13.6. The average molecular weight is 384 g/mol. The van der Waals surface area contributed by atoms with Crippen molar-refractivity contribution < 1.29 is 9.18 Å². The van der Waals surface area contributed by atoms with Crippen molar-refractivity contribution in [3.05, 3.63) is 88.8 Å². The highest BCUT2D eigenvalue weighted by Gasteiger charge is 2.08. The van der Waals surface area contributed by atoms with Gasteiger partial charge in [0.15, 0.2) is 0 Å². The number of aromatic nitrogens is 1. The van der Waals surface area contributed by atoms with E-state index in [4.69, 9.17) is 11.6 Å². The Kier molecular flexibility index (Phi) is 6.39. The highest BCUT2D eigenvalue weighted by atomic mass is 35.5. The number of hydrogen-bond donors (Lipinski definition) is 2. The van der Waals surface area contributed by atoms with E-state index in [0.717, 1.165) is 17.0 Å². The molecule has 1 amide bonds. The van der Waals surface area contributed by atoms with Crippen molar-refractivity contribution in [1.29, 1.82) is 0 Å². The van der Waals surface area contributed by atoms with Crippen LogP contribution in [-0.4, -0.2) is 17.4 Å². The van der Waals surface area contributed by atoms with E-state index in [9.17, 15) is 9.18 Å². The van der Waals surface area contributed by atoms with Gasteiger partial charge in [0.25, 0.3) is 0 Å². The number of rotatable bonds is 7. The first-order valence-corrected chi connectivity index (χ1v) is 8.95. The molecule has 0 radical (unpaired) electrons. The molecule has 138 valence electrons. The molecule has 3 aromatic rings. The van der Waals surface area contributed by atoms with Crippen molar-refractivity contribution >= 4 is 29.0 Å². The zero-order valence-corrected chi connectivity index (χ0v) is 15.3. The summed E-state index contributed by atoms with van der Waals surface area (Å²) < 4.78 is 13.6. The fraction of sp³-hybridized carbons (Fsp3) is 0.143. The van der Waals surface area contributed by atoms with Crippen molar-refractivity contribution in [2.45, 2.75) is 12.8 Å². The Morgan fingerprint density at radius 1 is 1.07 bits per heavy atom. The van der Waals surface area contributed by atoms with Gasteiger partial charge in [-0.2, -0.15) is 0 Å². The number of nitrogens with zero attached hydrogens (tertiary/aromatic N) is 1. The van der Waals surface area contributed by atoms with Crippen molar-refractivity contribution in [2.24, 2.45) is 0 Å². The molecule has 0 unspecified atom stereocenters. The van der Waals surface area contributed by atoms with Gasteiger partial charge in [0, 0.05) is 11.6 Å². The minimum absolute atomic E-state index is 0.0215. The van der Waals surface area contributed by atoms with E-state index in [-0.39, 0.29) is 18.1 Å². The molecule has 0 saturated heterocycles. The van der Waals surface area contributed by atoms with Crippen LogP contribution >= 0.6 is 11.6 Å². The number of hydrogen-bond acceptors (Lipinski definition) is 3. The first-order chi connectivity index (χ1) is 13.1. The highest BCUT2D eigenvalue weighted by Crippen LogP contribution is 2.13. The molecule has 0 aliphatic rings. The van der Waals surface area contributed by atoms with Gasteiger partial charge in [0.05, 0.1) is 18.3 Å². The quantitative estimate of drug-likeness (QED) is 0.621. The van der Waals surface area contributed by atoms with Crippen LogP contribution in [0.15, 0.2) is 66.9 Å². The topological polar surface area (TPSA) is 54.0 Å². The third-order valence-corrected chi connectivity index (χ3v) is 4.20. The molecule has 1 heterocycles. The van der Waals surface area contributed by atoms with Crippen LogP contribution in [0.3, 0.4) is 0 Å². The normalized spacial score (nSPS) is 10.4. The van der Waals surface area contributed by atoms with Crippen LogP contribution in [0.25, 0.3) is 0 Å². The largest absolute Gasteiger partial charge is 0.370 e. The van der Waals surface area contributed by atoms with Gasteiger partial charge in [0.2, 0.25) is 5.91 Å². The average Bonchev–Trinajstić information content (AvgIpc) is 2.65. The van der Waals surface area contributed by atoms with E-state index in [1.807, 2.05) is 24.3 Å². The second-order valence-electron chi connectivity index (χ2n) is 6.06. The Balaban J connectivity index is 1.48. The van der Waals surface area contributed by atoms with Crippen LogP contribution < -0.4 is 10.6 Å². The summed E-state index contributed by atoms with van der Waals surface area (Å²) in [5.74, 6) is 0.0396. The zero-order chi connectivity index (χ0) is 19.1. The maximum Gasteiger partial charge on any atom is 0.228 e. The number of carbonyl (C=O) groups is 1. The predicted octanol–water partition coefficient (Wildman–Crippen LogP) is 4.71. The summed E-state index contributed by atoms with van der Waals surface area (Å²) in [5.41, 5.74) is 2.08. The van der Waals surface area contributed by atoms with Gasteiger partial charge < -0.3 is 10.6 Å². The fourth-order valence-electron chi connectivity index (χ4n) is 2.62. The molecule has 0 spiro atoms. The summed E-state index contributed by atoms with van der Waals surface area (Å²) in [6.45, 7) is 0.715. The molecule has 1 aromatic heterocycles. The van der Waals surface area contributed by atoms with E-state index in [1.54, 1.807) is 36.5 Å². The molecule has 0 bridgehead atoms. The van der Waals surface area contributed by atoms with Gasteiger partial charge in [0.1, 0.15) is 11.6 Å². The van der Waals surface area contributed by atoms with Crippen molar-refractivity contribution in [3.63, 3.8) is 0 Å². The summed E-state index contributed by atoms with van der Waals surface area (Å²) in [6, 6.07) is 17.5. The maximum atomic E-state index is 13.6. The second kappa shape index (κ2) is 9.14. The van der Waals surface area contributed by atoms with Crippen LogP contribution in [0.4, 0.5) is 15.9 Å². The Hall–Kier alpha value is -2.92. The van der Waals surface area contributed by atoms with Crippen LogP contribution in [0, 0.1) is 5.82 Å². The van der Waals surface area contributed by atoms with E-state index in [2.05, 4.69) is 15.6 Å². The molecule has 27 heavy (non-hydrogen) atoms. The van der Waals surface area contributed by atoms with Gasteiger partial charge in [-0.1, -0.05) is 41.9 Å². The minimum Gasteiger partial charge on any atom is -0.370 e. The lowest BCUT2D eigenvalue weighted by atomic mass is 10.1. The lowest BCUT2D eigenvalue weighted by Gasteiger charge is -2.08. The monoisotopic (exact) mass is 383 g/mol. The van der Waals surface area contributed by atoms with Gasteiger partial charge in [-0.3, -0.25) is 4.79 Å². The third-order valence-electron chi connectivity index (χ3n) is 3.96. The van der Waals surface area contributed by atoms with Crippen LogP contribution in [0.5, 0.6) is 0 Å². The molecule has 4 nitrogen and oxygen atoms in total. The Morgan fingerprint density at radius 3 is 2.67 bits per heavy atom. The summed E-state index contributed by atoms with van der Waals surface area (Å²) >= 11 is 5.97. The highest BCUT2D eigenvalue weighted by molar-refractivity contribution is 6.30. The first-order valence-electron chi connectivity index (χ1n) is 8.58. The minimum atomic E-state index is -0.384. The van der Waals surface area contributed by atoms with E-state index < -0.39 is 0 Å². The second-order valence-corrected chi connectivity index (χ2v) is 6.49. The molecule has 0 fully saturated rings. The predicted molar refractivity (Wildman–Crippen MR) is 107 cm³/mol. The SMILES string of the molecule is O=C(Cc1ccccc1F)Nc1ccc(NCCc2cccc(Cl)c2)nc1. The number of amides is 1. The Morgan fingerprint density at radius 2 is 1.93 bits per heavy atom. The number of pyridine rings is 1. The third kappa shape index (κ3) is 5.79. The number of nitrogens with one attached hydrogen (secondary N) is 2. The summed E-state index contributed by atoms with van der Waals surface area (Å²) in [5, 5.41) is 6.67. The summed E-state index contributed by atoms with van der Waals surface area (Å²) in [7, 11) is 0. The number of halogens is 2. The van der Waals surface area contributed by atoms with Crippen LogP contribution in [-0.2, 0) is 17.6 Å². The molecule has 3 rings (SSSR count). The van der Waals surface area contributed by atoms with Gasteiger partial charge >= 0.3 is 0 Å². The van der Waals surface area contributed by atoms with Gasteiger partial charge in [-0.05, 0) is 47.9 Å². The summed E-state index contributed by atoms with van der Waals surface area (Å²) in [4.78, 5) is 16.3. The fourth-order valence-corrected chi connectivity index (χ4v) is 2.83. The smallest absolute Gasteiger partial charge is 0.228 e. The number of benzene rings is 2. The molecule has 6 heteroatoms. The van der Waals surface area contributed by atoms with Crippen molar-refractivity contribution in [1.82, 2.24) is 4.98 Å². The Bertz CT molecular complexity index is 915. The standard InChI is InChI=1S/C21H19ClFN3O/c22-17-6-3-4-15(12-17)10-11-24-20-9-8-18(14-25-20)26-21(27)13-16-5-1-2-7-19(16)23/h1-9,12,14H,10-11,13H2,(H,24,25)(H,26,27). The lowest BCUT2D eigenvalue weighted by Crippen LogP contribution is -2.15. The number of carbonyl (C=O) groups excluding carboxylic acids is 1. The van der Waals surface area contributed by atoms with Crippen molar-refractivity contribution in [3.8, 4) is 0 Å². The number of anilines is 2. The molecule has 0 aliphatic carbocycles. The van der Waals surface area contributed by atoms with E-state index >= 15 is 0 Å². The Labute approximate surface area is 162 Å². The van der Waals surface area contributed by atoms with Crippen LogP contribution in [0.1, 0.15) is 11.1 Å². The van der Waals surface area contributed by atoms with E-state index in [1.165, 1.54) is 6.07 Å². The molecular formula is C21H19ClFN3O. The van der Waals surface area contributed by atoms with E-state index in [0.29, 0.717) is 23.6 Å². The summed E-state index contributed by atoms with van der Waals surface area (Å²) in [6.07, 6.45) is 2.37. The molecule has 2 N–H and O–H groups in total. The van der Waals surface area contributed by atoms with Crippen molar-refractivity contribution in [2.75, 3.05) is 17.2 Å². The van der Waals surface area contributed by atoms with Gasteiger partial charge in [-0.25, -0.2) is 9.37 Å².